The molecule has 2 rings (SSSR count). The Balaban J connectivity index is 2.41. The van der Waals surface area contributed by atoms with E-state index >= 15 is 0 Å². The first-order valence-electron chi connectivity index (χ1n) is 5.65. The van der Waals surface area contributed by atoms with E-state index in [2.05, 4.69) is 9.97 Å². The maximum absolute atomic E-state index is 11.1. The number of primary amides is 1. The number of carbonyl (C=O) groups excluding carboxylic acids is 1. The quantitative estimate of drug-likeness (QED) is 0.877. The van der Waals surface area contributed by atoms with Crippen LogP contribution in [0.3, 0.4) is 0 Å². The molecule has 1 amide bonds. The zero-order chi connectivity index (χ0) is 14.9. The van der Waals surface area contributed by atoms with E-state index in [-0.39, 0.29) is 11.0 Å². The molecule has 104 valence electrons. The van der Waals surface area contributed by atoms with Gasteiger partial charge in [-0.25, -0.2) is 9.97 Å². The van der Waals surface area contributed by atoms with Gasteiger partial charge in [-0.15, -0.1) is 0 Å². The maximum Gasteiger partial charge on any atom is 0.286 e. The number of aryl methyl sites for hydroxylation is 1. The largest absolute Gasteiger partial charge is 0.363 e. The van der Waals surface area contributed by atoms with Gasteiger partial charge >= 0.3 is 0 Å². The average molecular weight is 331 g/mol. The van der Waals surface area contributed by atoms with Gasteiger partial charge in [0, 0.05) is 27.7 Å². The van der Waals surface area contributed by atoms with Crippen LogP contribution in [0.5, 0.6) is 0 Å². The summed E-state index contributed by atoms with van der Waals surface area (Å²) in [5, 5.41) is 1.28. The Hall–Kier alpha value is -1.36. The minimum Gasteiger partial charge on any atom is -0.363 e. The fraction of sp³-hybridized carbons (Fsp3) is 0.154. The summed E-state index contributed by atoms with van der Waals surface area (Å²) in [5.74, 6) is -0.815. The first kappa shape index (κ1) is 15.0. The molecule has 0 aliphatic rings. The fourth-order valence-corrected chi connectivity index (χ4v) is 2.49. The number of halogens is 3. The van der Waals surface area contributed by atoms with E-state index in [0.29, 0.717) is 27.7 Å². The molecule has 0 spiro atoms. The molecule has 0 saturated heterocycles. The number of benzene rings is 1. The first-order valence-corrected chi connectivity index (χ1v) is 6.78. The molecular formula is C13H10Cl3N3O. The van der Waals surface area contributed by atoms with Crippen molar-refractivity contribution in [2.45, 2.75) is 13.3 Å². The summed E-state index contributed by atoms with van der Waals surface area (Å²) < 4.78 is 0. The lowest BCUT2D eigenvalue weighted by Crippen LogP contribution is -2.17. The number of nitrogens with zero attached hydrogens (tertiary/aromatic N) is 2. The highest BCUT2D eigenvalue weighted by molar-refractivity contribution is 6.35. The summed E-state index contributed by atoms with van der Waals surface area (Å²) in [4.78, 5) is 19.0. The van der Waals surface area contributed by atoms with E-state index in [1.54, 1.807) is 19.1 Å². The van der Waals surface area contributed by atoms with Gasteiger partial charge in [-0.2, -0.15) is 0 Å². The zero-order valence-corrected chi connectivity index (χ0v) is 12.7. The number of amides is 1. The molecule has 0 aliphatic carbocycles. The Kier molecular flexibility index (Phi) is 4.48. The highest BCUT2D eigenvalue weighted by Crippen LogP contribution is 2.26. The first-order chi connectivity index (χ1) is 9.38. The third-order valence-electron chi connectivity index (χ3n) is 2.77. The van der Waals surface area contributed by atoms with Crippen LogP contribution in [0.4, 0.5) is 0 Å². The van der Waals surface area contributed by atoms with Crippen LogP contribution in [0, 0.1) is 6.92 Å². The standard InChI is InChI=1S/C13H10Cl3N3O/c1-6-9(11(16)19-13(18-6)12(17)20)4-7-2-3-8(14)5-10(7)15/h2-3,5H,4H2,1H3,(H2,17,20). The molecule has 0 unspecified atom stereocenters. The molecule has 1 heterocycles. The Bertz CT molecular complexity index is 666. The van der Waals surface area contributed by atoms with Crippen molar-refractivity contribution in [3.05, 3.63) is 56.0 Å². The summed E-state index contributed by atoms with van der Waals surface area (Å²) in [5.41, 5.74) is 7.26. The van der Waals surface area contributed by atoms with Gasteiger partial charge < -0.3 is 5.73 Å². The summed E-state index contributed by atoms with van der Waals surface area (Å²) in [6.45, 7) is 1.74. The lowest BCUT2D eigenvalue weighted by Gasteiger charge is -2.10. The van der Waals surface area contributed by atoms with Gasteiger partial charge in [0.2, 0.25) is 5.82 Å². The molecule has 0 radical (unpaired) electrons. The fourth-order valence-electron chi connectivity index (χ4n) is 1.73. The van der Waals surface area contributed by atoms with Crippen molar-refractivity contribution >= 4 is 40.7 Å². The zero-order valence-electron chi connectivity index (χ0n) is 10.5. The molecule has 0 fully saturated rings. The van der Waals surface area contributed by atoms with Crippen molar-refractivity contribution in [1.82, 2.24) is 9.97 Å². The monoisotopic (exact) mass is 329 g/mol. The highest BCUT2D eigenvalue weighted by Gasteiger charge is 2.14. The summed E-state index contributed by atoms with van der Waals surface area (Å²) in [7, 11) is 0. The second-order valence-corrected chi connectivity index (χ2v) is 5.38. The van der Waals surface area contributed by atoms with E-state index in [4.69, 9.17) is 40.5 Å². The van der Waals surface area contributed by atoms with Crippen molar-refractivity contribution in [2.24, 2.45) is 5.73 Å². The van der Waals surface area contributed by atoms with Crippen LogP contribution in [0.25, 0.3) is 0 Å². The number of hydrogen-bond donors (Lipinski definition) is 1. The van der Waals surface area contributed by atoms with Crippen LogP contribution in [0.15, 0.2) is 18.2 Å². The summed E-state index contributed by atoms with van der Waals surface area (Å²) in [6.07, 6.45) is 0.444. The molecule has 0 bridgehead atoms. The van der Waals surface area contributed by atoms with E-state index in [1.807, 2.05) is 6.07 Å². The van der Waals surface area contributed by atoms with Crippen molar-refractivity contribution in [3.8, 4) is 0 Å². The van der Waals surface area contributed by atoms with Crippen molar-refractivity contribution in [2.75, 3.05) is 0 Å². The second-order valence-electron chi connectivity index (χ2n) is 4.18. The normalized spacial score (nSPS) is 10.6. The van der Waals surface area contributed by atoms with Gasteiger partial charge in [0.15, 0.2) is 0 Å². The van der Waals surface area contributed by atoms with E-state index in [9.17, 15) is 4.79 Å². The van der Waals surface area contributed by atoms with E-state index < -0.39 is 5.91 Å². The van der Waals surface area contributed by atoms with Crippen molar-refractivity contribution in [1.29, 1.82) is 0 Å². The lowest BCUT2D eigenvalue weighted by molar-refractivity contribution is 0.0990. The number of aromatic nitrogens is 2. The molecule has 4 nitrogen and oxygen atoms in total. The Morgan fingerprint density at radius 3 is 2.50 bits per heavy atom. The van der Waals surface area contributed by atoms with Crippen LogP contribution in [0.2, 0.25) is 15.2 Å². The molecule has 0 saturated carbocycles. The van der Waals surface area contributed by atoms with E-state index in [1.165, 1.54) is 0 Å². The summed E-state index contributed by atoms with van der Waals surface area (Å²) in [6, 6.07) is 5.20. The van der Waals surface area contributed by atoms with Crippen molar-refractivity contribution < 1.29 is 4.79 Å². The smallest absolute Gasteiger partial charge is 0.286 e. The SMILES string of the molecule is Cc1nc(C(N)=O)nc(Cl)c1Cc1ccc(Cl)cc1Cl. The molecule has 1 aromatic carbocycles. The molecule has 2 aromatic rings. The predicted octanol–water partition coefficient (Wildman–Crippen LogP) is 3.43. The van der Waals surface area contributed by atoms with Gasteiger partial charge in [-0.1, -0.05) is 40.9 Å². The van der Waals surface area contributed by atoms with Gasteiger partial charge in [-0.05, 0) is 24.6 Å². The van der Waals surface area contributed by atoms with Gasteiger partial charge in [0.25, 0.3) is 5.91 Å². The van der Waals surface area contributed by atoms with Gasteiger partial charge in [-0.3, -0.25) is 4.79 Å². The van der Waals surface area contributed by atoms with Crippen molar-refractivity contribution in [3.63, 3.8) is 0 Å². The third kappa shape index (κ3) is 3.20. The van der Waals surface area contributed by atoms with Gasteiger partial charge in [0.05, 0.1) is 0 Å². The second kappa shape index (κ2) is 5.95. The lowest BCUT2D eigenvalue weighted by atomic mass is 10.1. The Morgan fingerprint density at radius 2 is 1.95 bits per heavy atom. The van der Waals surface area contributed by atoms with Crippen LogP contribution >= 0.6 is 34.8 Å². The molecular weight excluding hydrogens is 321 g/mol. The van der Waals surface area contributed by atoms with Crippen LogP contribution in [-0.2, 0) is 6.42 Å². The van der Waals surface area contributed by atoms with Crippen LogP contribution < -0.4 is 5.73 Å². The maximum atomic E-state index is 11.1. The predicted molar refractivity (Wildman–Crippen MR) is 79.6 cm³/mol. The molecule has 7 heteroatoms. The molecule has 0 atom stereocenters. The number of nitrogens with two attached hydrogens (primary N) is 1. The highest BCUT2D eigenvalue weighted by atomic mass is 35.5. The Morgan fingerprint density at radius 1 is 1.25 bits per heavy atom. The molecule has 0 aliphatic heterocycles. The number of rotatable bonds is 3. The average Bonchev–Trinajstić information content (AvgIpc) is 2.35. The Labute approximate surface area is 130 Å². The van der Waals surface area contributed by atoms with Gasteiger partial charge in [0.1, 0.15) is 5.15 Å². The molecule has 2 N–H and O–H groups in total. The number of carbonyl (C=O) groups is 1. The topological polar surface area (TPSA) is 68.9 Å². The molecule has 20 heavy (non-hydrogen) atoms. The van der Waals surface area contributed by atoms with Crippen LogP contribution in [0.1, 0.15) is 27.4 Å². The number of hydrogen-bond acceptors (Lipinski definition) is 3. The van der Waals surface area contributed by atoms with E-state index in [0.717, 1.165) is 5.56 Å². The van der Waals surface area contributed by atoms with Crippen LogP contribution in [-0.4, -0.2) is 15.9 Å². The third-order valence-corrected chi connectivity index (χ3v) is 3.67. The molecule has 1 aromatic heterocycles. The minimum absolute atomic E-state index is 0.0987. The summed E-state index contributed by atoms with van der Waals surface area (Å²) >= 11 is 18.1. The minimum atomic E-state index is -0.717.